The highest BCUT2D eigenvalue weighted by Crippen LogP contribution is 2.35. The predicted molar refractivity (Wildman–Crippen MR) is 87.0 cm³/mol. The van der Waals surface area contributed by atoms with Gasteiger partial charge in [0.05, 0.1) is 0 Å². The third-order valence-corrected chi connectivity index (χ3v) is 5.47. The third-order valence-electron chi connectivity index (χ3n) is 5.47. The molecule has 2 bridgehead atoms. The fraction of sp³-hybridized carbons (Fsp3) is 0.611. The summed E-state index contributed by atoms with van der Waals surface area (Å²) in [5, 5.41) is 3.22. The van der Waals surface area contributed by atoms with Gasteiger partial charge >= 0.3 is 0 Å². The number of hydrogen-bond acceptors (Lipinski definition) is 4. The fourth-order valence-electron chi connectivity index (χ4n) is 3.81. The van der Waals surface area contributed by atoms with Crippen LogP contribution in [0.4, 0.5) is 0 Å². The van der Waals surface area contributed by atoms with Crippen molar-refractivity contribution < 1.29 is 14.3 Å². The molecule has 4 heterocycles. The van der Waals surface area contributed by atoms with Gasteiger partial charge in [0.2, 0.25) is 0 Å². The number of carbonyl (C=O) groups excluding carboxylic acids is 1. The van der Waals surface area contributed by atoms with Crippen molar-refractivity contribution in [2.45, 2.75) is 44.9 Å². The molecule has 0 aliphatic carbocycles. The van der Waals surface area contributed by atoms with Gasteiger partial charge in [-0.2, -0.15) is 0 Å². The van der Waals surface area contributed by atoms with Crippen molar-refractivity contribution >= 4 is 5.91 Å². The number of benzene rings is 1. The maximum Gasteiger partial charge on any atom is 0.251 e. The number of rotatable bonds is 2. The smallest absolute Gasteiger partial charge is 0.251 e. The zero-order chi connectivity index (χ0) is 16.0. The number of hydrogen-bond donors (Lipinski definition) is 1. The summed E-state index contributed by atoms with van der Waals surface area (Å²) in [4.78, 5) is 15.0. The van der Waals surface area contributed by atoms with Gasteiger partial charge in [-0.3, -0.25) is 4.79 Å². The second-order valence-corrected chi connectivity index (χ2v) is 7.03. The van der Waals surface area contributed by atoms with E-state index < -0.39 is 0 Å². The van der Waals surface area contributed by atoms with Gasteiger partial charge in [0.25, 0.3) is 5.91 Å². The average Bonchev–Trinajstić information content (AvgIpc) is 2.56. The molecular weight excluding hydrogens is 292 g/mol. The van der Waals surface area contributed by atoms with Crippen LogP contribution in [0.25, 0.3) is 0 Å². The fourth-order valence-corrected chi connectivity index (χ4v) is 3.81. The molecule has 0 radical (unpaired) electrons. The molecule has 1 amide bonds. The summed E-state index contributed by atoms with van der Waals surface area (Å²) in [6.45, 7) is 7.30. The predicted octanol–water partition coefficient (Wildman–Crippen LogP) is 2.06. The number of piperidine rings is 3. The molecule has 1 aromatic carbocycles. The Morgan fingerprint density at radius 3 is 2.48 bits per heavy atom. The van der Waals surface area contributed by atoms with Crippen LogP contribution in [0, 0.1) is 5.92 Å². The van der Waals surface area contributed by atoms with Gasteiger partial charge in [-0.25, -0.2) is 0 Å². The number of ether oxygens (including phenoxy) is 2. The van der Waals surface area contributed by atoms with Gasteiger partial charge in [-0.15, -0.1) is 0 Å². The molecule has 3 atom stereocenters. The van der Waals surface area contributed by atoms with Crippen LogP contribution < -0.4 is 14.8 Å². The molecule has 0 aromatic heterocycles. The molecule has 0 unspecified atom stereocenters. The zero-order valence-electron chi connectivity index (χ0n) is 13.7. The van der Waals surface area contributed by atoms with E-state index in [1.807, 2.05) is 26.0 Å². The SMILES string of the molecule is C[C@H]1Oc2ccc(C(=O)N[C@H]3CN4CCC3CC4)cc2O[C@@H]1C. The van der Waals surface area contributed by atoms with E-state index >= 15 is 0 Å². The van der Waals surface area contributed by atoms with Gasteiger partial charge in [-0.1, -0.05) is 0 Å². The Labute approximate surface area is 136 Å². The Bertz CT molecular complexity index is 610. The van der Waals surface area contributed by atoms with Crippen LogP contribution in [-0.4, -0.2) is 48.7 Å². The summed E-state index contributed by atoms with van der Waals surface area (Å²) in [7, 11) is 0. The van der Waals surface area contributed by atoms with Crippen molar-refractivity contribution in [2.24, 2.45) is 5.92 Å². The van der Waals surface area contributed by atoms with E-state index in [1.165, 1.54) is 25.9 Å². The number of nitrogens with zero attached hydrogens (tertiary/aromatic N) is 1. The molecule has 4 aliphatic heterocycles. The minimum atomic E-state index is -0.0126. The Balaban J connectivity index is 1.48. The molecular formula is C18H24N2O3. The minimum Gasteiger partial charge on any atom is -0.483 e. The van der Waals surface area contributed by atoms with Crippen molar-refractivity contribution in [2.75, 3.05) is 19.6 Å². The molecule has 4 aliphatic rings. The second-order valence-electron chi connectivity index (χ2n) is 7.03. The Kier molecular flexibility index (Phi) is 3.68. The summed E-state index contributed by atoms with van der Waals surface area (Å²) in [5.41, 5.74) is 0.644. The Morgan fingerprint density at radius 1 is 1.13 bits per heavy atom. The topological polar surface area (TPSA) is 50.8 Å². The minimum absolute atomic E-state index is 0.0114. The first-order valence-electron chi connectivity index (χ1n) is 8.61. The van der Waals surface area contributed by atoms with E-state index in [4.69, 9.17) is 9.47 Å². The molecule has 124 valence electrons. The van der Waals surface area contributed by atoms with Crippen LogP contribution in [0.5, 0.6) is 11.5 Å². The van der Waals surface area contributed by atoms with E-state index in [-0.39, 0.29) is 24.2 Å². The standard InChI is InChI=1S/C18H24N2O3/c1-11-12(2)23-17-9-14(3-4-16(17)22-11)18(21)19-15-10-20-7-5-13(15)6-8-20/h3-4,9,11-13,15H,5-8,10H2,1-2H3,(H,19,21)/t11-,12-,15+/m1/s1. The second kappa shape index (κ2) is 5.71. The number of nitrogens with one attached hydrogen (secondary N) is 1. The van der Waals surface area contributed by atoms with Gasteiger partial charge in [-0.05, 0) is 63.9 Å². The normalized spacial score (nSPS) is 35.0. The summed E-state index contributed by atoms with van der Waals surface area (Å²) in [5.74, 6) is 2.00. The Hall–Kier alpha value is -1.75. The number of carbonyl (C=O) groups is 1. The zero-order valence-corrected chi connectivity index (χ0v) is 13.7. The van der Waals surface area contributed by atoms with Gasteiger partial charge in [0.15, 0.2) is 11.5 Å². The number of amides is 1. The lowest BCUT2D eigenvalue weighted by Crippen LogP contribution is -2.57. The monoisotopic (exact) mass is 316 g/mol. The summed E-state index contributed by atoms with van der Waals surface area (Å²) in [6.07, 6.45) is 2.40. The highest BCUT2D eigenvalue weighted by Gasteiger charge is 2.35. The molecule has 5 rings (SSSR count). The Morgan fingerprint density at radius 2 is 1.83 bits per heavy atom. The quantitative estimate of drug-likeness (QED) is 0.907. The van der Waals surface area contributed by atoms with Crippen LogP contribution >= 0.6 is 0 Å². The van der Waals surface area contributed by atoms with Gasteiger partial charge in [0.1, 0.15) is 12.2 Å². The van der Waals surface area contributed by atoms with E-state index in [1.54, 1.807) is 6.07 Å². The highest BCUT2D eigenvalue weighted by molar-refractivity contribution is 5.95. The first kappa shape index (κ1) is 14.8. The lowest BCUT2D eigenvalue weighted by molar-refractivity contribution is 0.0427. The van der Waals surface area contributed by atoms with Gasteiger partial charge < -0.3 is 19.7 Å². The van der Waals surface area contributed by atoms with E-state index in [2.05, 4.69) is 10.2 Å². The van der Waals surface area contributed by atoms with E-state index in [0.717, 1.165) is 12.3 Å². The molecule has 3 saturated heterocycles. The van der Waals surface area contributed by atoms with Crippen LogP contribution in [-0.2, 0) is 0 Å². The molecule has 0 spiro atoms. The van der Waals surface area contributed by atoms with E-state index in [0.29, 0.717) is 17.2 Å². The number of fused-ring (bicyclic) bond motifs is 4. The molecule has 1 N–H and O–H groups in total. The van der Waals surface area contributed by atoms with Crippen molar-refractivity contribution in [3.63, 3.8) is 0 Å². The molecule has 1 aromatic rings. The van der Waals surface area contributed by atoms with Crippen LogP contribution in [0.3, 0.4) is 0 Å². The first-order valence-corrected chi connectivity index (χ1v) is 8.61. The molecule has 0 saturated carbocycles. The molecule has 23 heavy (non-hydrogen) atoms. The van der Waals surface area contributed by atoms with Crippen molar-refractivity contribution in [1.82, 2.24) is 10.2 Å². The van der Waals surface area contributed by atoms with Crippen molar-refractivity contribution in [3.8, 4) is 11.5 Å². The maximum atomic E-state index is 12.6. The van der Waals surface area contributed by atoms with Crippen molar-refractivity contribution in [3.05, 3.63) is 23.8 Å². The van der Waals surface area contributed by atoms with Crippen LogP contribution in [0.2, 0.25) is 0 Å². The molecule has 5 heteroatoms. The average molecular weight is 316 g/mol. The molecule has 3 fully saturated rings. The maximum absolute atomic E-state index is 12.6. The molecule has 5 nitrogen and oxygen atoms in total. The third kappa shape index (κ3) is 2.78. The summed E-state index contributed by atoms with van der Waals surface area (Å²) in [6, 6.07) is 5.73. The lowest BCUT2D eigenvalue weighted by atomic mass is 9.84. The first-order chi connectivity index (χ1) is 11.1. The van der Waals surface area contributed by atoms with Crippen LogP contribution in [0.1, 0.15) is 37.0 Å². The summed E-state index contributed by atoms with van der Waals surface area (Å²) >= 11 is 0. The largest absolute Gasteiger partial charge is 0.483 e. The van der Waals surface area contributed by atoms with Gasteiger partial charge in [0, 0.05) is 18.2 Å². The lowest BCUT2D eigenvalue weighted by Gasteiger charge is -2.44. The highest BCUT2D eigenvalue weighted by atomic mass is 16.6. The van der Waals surface area contributed by atoms with Crippen LogP contribution in [0.15, 0.2) is 18.2 Å². The van der Waals surface area contributed by atoms with Crippen molar-refractivity contribution in [1.29, 1.82) is 0 Å². The van der Waals surface area contributed by atoms with E-state index in [9.17, 15) is 4.79 Å². The summed E-state index contributed by atoms with van der Waals surface area (Å²) < 4.78 is 11.7.